The van der Waals surface area contributed by atoms with E-state index in [4.69, 9.17) is 14.5 Å². The molecule has 0 saturated carbocycles. The Balaban J connectivity index is 1.45. The molecule has 214 valence electrons. The van der Waals surface area contributed by atoms with E-state index in [1.54, 1.807) is 12.4 Å². The number of hydrogen-bond acceptors (Lipinski definition) is 5. The molecule has 0 unspecified atom stereocenters. The Hall–Kier alpha value is -5.55. The van der Waals surface area contributed by atoms with Gasteiger partial charge >= 0.3 is 0 Å². The summed E-state index contributed by atoms with van der Waals surface area (Å²) in [6.07, 6.45) is 3.59. The lowest BCUT2D eigenvalue weighted by Gasteiger charge is -2.19. The van der Waals surface area contributed by atoms with Crippen molar-refractivity contribution >= 4 is 21.5 Å². The third-order valence-corrected chi connectivity index (χ3v) is 7.74. The maximum Gasteiger partial charge on any atom is 0.127 e. The third-order valence-electron chi connectivity index (χ3n) is 7.74. The molecule has 0 fully saturated rings. The van der Waals surface area contributed by atoms with Crippen molar-refractivity contribution in [2.24, 2.45) is 0 Å². The largest absolute Gasteiger partial charge is 0.493 e. The van der Waals surface area contributed by atoms with Crippen LogP contribution in [0.5, 0.6) is 11.5 Å². The SMILES string of the molecule is CCOc1ccc2ccccc2c1-c1c(OCC)ccc2cc(-c3cc(-c4ccccn4)nc(-c4ccccn4)c3)ccc12. The second-order valence-corrected chi connectivity index (χ2v) is 10.5. The number of benzene rings is 4. The van der Waals surface area contributed by atoms with E-state index >= 15 is 0 Å². The number of fused-ring (bicyclic) bond motifs is 2. The summed E-state index contributed by atoms with van der Waals surface area (Å²) in [5.74, 6) is 1.68. The van der Waals surface area contributed by atoms with Crippen LogP contribution in [0.15, 0.2) is 128 Å². The summed E-state index contributed by atoms with van der Waals surface area (Å²) in [4.78, 5) is 14.1. The van der Waals surface area contributed by atoms with Crippen LogP contribution in [-0.4, -0.2) is 28.2 Å². The van der Waals surface area contributed by atoms with Gasteiger partial charge in [0, 0.05) is 23.5 Å². The smallest absolute Gasteiger partial charge is 0.127 e. The highest BCUT2D eigenvalue weighted by molar-refractivity contribution is 6.10. The first-order chi connectivity index (χ1) is 21.7. The van der Waals surface area contributed by atoms with Crippen molar-refractivity contribution in [1.82, 2.24) is 15.0 Å². The first-order valence-corrected chi connectivity index (χ1v) is 14.9. The van der Waals surface area contributed by atoms with Crippen LogP contribution in [0.4, 0.5) is 0 Å². The zero-order valence-corrected chi connectivity index (χ0v) is 24.7. The first kappa shape index (κ1) is 27.3. The van der Waals surface area contributed by atoms with Gasteiger partial charge in [-0.05, 0) is 101 Å². The van der Waals surface area contributed by atoms with Crippen LogP contribution < -0.4 is 9.47 Å². The summed E-state index contributed by atoms with van der Waals surface area (Å²) in [5.41, 5.74) is 7.43. The Morgan fingerprint density at radius 2 is 1.05 bits per heavy atom. The van der Waals surface area contributed by atoms with E-state index in [1.807, 2.05) is 50.2 Å². The van der Waals surface area contributed by atoms with Gasteiger partial charge in [-0.15, -0.1) is 0 Å². The van der Waals surface area contributed by atoms with Gasteiger partial charge in [0.15, 0.2) is 0 Å². The minimum atomic E-state index is 0.564. The zero-order valence-electron chi connectivity index (χ0n) is 24.7. The highest BCUT2D eigenvalue weighted by Crippen LogP contribution is 2.46. The van der Waals surface area contributed by atoms with Crippen LogP contribution in [0.25, 0.3) is 66.6 Å². The molecule has 0 aliphatic carbocycles. The number of pyridine rings is 3. The standard InChI is InChI=1S/C39H31N3O2/c1-3-43-36-19-16-26-11-5-6-12-30(26)38(36)39-31-18-15-27(23-28(31)17-20-37(39)44-4-2)29-24-34(32-13-7-9-21-40-32)42-35(25-29)33-14-8-10-22-41-33/h5-25H,3-4H2,1-2H3. The molecule has 3 aromatic heterocycles. The van der Waals surface area contributed by atoms with Gasteiger partial charge < -0.3 is 9.47 Å². The molecule has 0 aliphatic heterocycles. The van der Waals surface area contributed by atoms with Crippen LogP contribution in [0, 0.1) is 0 Å². The van der Waals surface area contributed by atoms with Gasteiger partial charge in [0.2, 0.25) is 0 Å². The van der Waals surface area contributed by atoms with Gasteiger partial charge in [0.1, 0.15) is 11.5 Å². The molecule has 0 N–H and O–H groups in total. The molecule has 0 amide bonds. The Kier molecular flexibility index (Phi) is 7.43. The van der Waals surface area contributed by atoms with Gasteiger partial charge in [-0.25, -0.2) is 4.98 Å². The van der Waals surface area contributed by atoms with Crippen molar-refractivity contribution in [2.45, 2.75) is 13.8 Å². The van der Waals surface area contributed by atoms with Gasteiger partial charge in [-0.3, -0.25) is 9.97 Å². The van der Waals surface area contributed by atoms with Crippen molar-refractivity contribution in [3.63, 3.8) is 0 Å². The van der Waals surface area contributed by atoms with E-state index in [0.717, 1.165) is 78.1 Å². The summed E-state index contributed by atoms with van der Waals surface area (Å²) >= 11 is 0. The molecular formula is C39H31N3O2. The minimum Gasteiger partial charge on any atom is -0.493 e. The molecule has 4 aromatic carbocycles. The monoisotopic (exact) mass is 573 g/mol. The molecule has 0 atom stereocenters. The summed E-state index contributed by atoms with van der Waals surface area (Å²) in [7, 11) is 0. The van der Waals surface area contributed by atoms with Gasteiger partial charge in [0.25, 0.3) is 0 Å². The lowest BCUT2D eigenvalue weighted by atomic mass is 9.90. The number of rotatable bonds is 8. The summed E-state index contributed by atoms with van der Waals surface area (Å²) in [6.45, 7) is 5.18. The van der Waals surface area contributed by atoms with E-state index in [1.165, 1.54) is 0 Å². The summed E-state index contributed by atoms with van der Waals surface area (Å²) < 4.78 is 12.5. The zero-order chi connectivity index (χ0) is 29.9. The van der Waals surface area contributed by atoms with E-state index in [-0.39, 0.29) is 0 Å². The molecule has 7 aromatic rings. The first-order valence-electron chi connectivity index (χ1n) is 14.9. The number of ether oxygens (including phenoxy) is 2. The Labute approximate surface area is 256 Å². The molecule has 3 heterocycles. The normalized spacial score (nSPS) is 11.1. The lowest BCUT2D eigenvalue weighted by Crippen LogP contribution is -1.99. The maximum atomic E-state index is 6.25. The van der Waals surface area contributed by atoms with Crippen molar-refractivity contribution < 1.29 is 9.47 Å². The average molecular weight is 574 g/mol. The summed E-state index contributed by atoms with van der Waals surface area (Å²) in [6, 6.07) is 39.4. The highest BCUT2D eigenvalue weighted by Gasteiger charge is 2.20. The van der Waals surface area contributed by atoms with E-state index in [0.29, 0.717) is 13.2 Å². The highest BCUT2D eigenvalue weighted by atomic mass is 16.5. The predicted octanol–water partition coefficient (Wildman–Crippen LogP) is 9.64. The van der Waals surface area contributed by atoms with Crippen LogP contribution in [-0.2, 0) is 0 Å². The van der Waals surface area contributed by atoms with Crippen molar-refractivity contribution in [3.05, 3.63) is 128 Å². The second-order valence-electron chi connectivity index (χ2n) is 10.5. The fourth-order valence-corrected chi connectivity index (χ4v) is 5.80. The van der Waals surface area contributed by atoms with Crippen LogP contribution in [0.3, 0.4) is 0 Å². The molecule has 0 saturated heterocycles. The molecule has 44 heavy (non-hydrogen) atoms. The molecule has 0 spiro atoms. The quantitative estimate of drug-likeness (QED) is 0.181. The van der Waals surface area contributed by atoms with Crippen molar-refractivity contribution in [1.29, 1.82) is 0 Å². The van der Waals surface area contributed by atoms with Crippen molar-refractivity contribution in [3.8, 4) is 56.5 Å². The fraction of sp³-hybridized carbons (Fsp3) is 0.103. The van der Waals surface area contributed by atoms with E-state index in [9.17, 15) is 0 Å². The molecule has 0 aliphatic rings. The number of aromatic nitrogens is 3. The van der Waals surface area contributed by atoms with Gasteiger partial charge in [-0.1, -0.05) is 60.7 Å². The van der Waals surface area contributed by atoms with E-state index < -0.39 is 0 Å². The van der Waals surface area contributed by atoms with Crippen molar-refractivity contribution in [2.75, 3.05) is 13.2 Å². The summed E-state index contributed by atoms with van der Waals surface area (Å²) in [5, 5.41) is 4.49. The second kappa shape index (κ2) is 12.0. The van der Waals surface area contributed by atoms with Crippen LogP contribution in [0.2, 0.25) is 0 Å². The van der Waals surface area contributed by atoms with E-state index in [2.05, 4.69) is 88.8 Å². The molecule has 5 heteroatoms. The molecule has 7 rings (SSSR count). The van der Waals surface area contributed by atoms with Gasteiger partial charge in [-0.2, -0.15) is 0 Å². The lowest BCUT2D eigenvalue weighted by molar-refractivity contribution is 0.337. The topological polar surface area (TPSA) is 57.1 Å². The number of hydrogen-bond donors (Lipinski definition) is 0. The minimum absolute atomic E-state index is 0.564. The molecular weight excluding hydrogens is 542 g/mol. The average Bonchev–Trinajstić information content (AvgIpc) is 3.09. The predicted molar refractivity (Wildman–Crippen MR) is 179 cm³/mol. The molecule has 0 bridgehead atoms. The third kappa shape index (κ3) is 5.13. The Morgan fingerprint density at radius 1 is 0.477 bits per heavy atom. The van der Waals surface area contributed by atoms with Crippen LogP contribution >= 0.6 is 0 Å². The van der Waals surface area contributed by atoms with Crippen LogP contribution in [0.1, 0.15) is 13.8 Å². The Morgan fingerprint density at radius 3 is 1.64 bits per heavy atom. The molecule has 5 nitrogen and oxygen atoms in total. The Bertz CT molecular complexity index is 2040. The molecule has 0 radical (unpaired) electrons. The fourth-order valence-electron chi connectivity index (χ4n) is 5.80. The van der Waals surface area contributed by atoms with Gasteiger partial charge in [0.05, 0.1) is 36.0 Å². The number of nitrogens with zero attached hydrogens (tertiary/aromatic N) is 3. The maximum absolute atomic E-state index is 6.25.